The van der Waals surface area contributed by atoms with Crippen LogP contribution < -0.4 is 16.1 Å². The first-order valence-electron chi connectivity index (χ1n) is 8.21. The molecular formula is C16H16FN7O3. The Kier molecular flexibility index (Phi) is 3.88. The average molecular weight is 373 g/mol. The highest BCUT2D eigenvalue weighted by molar-refractivity contribution is 5.92. The number of halogens is 1. The third-order valence-corrected chi connectivity index (χ3v) is 4.57. The van der Waals surface area contributed by atoms with Crippen LogP contribution in [0.25, 0.3) is 17.0 Å². The lowest BCUT2D eigenvalue weighted by atomic mass is 10.2. The van der Waals surface area contributed by atoms with E-state index in [1.165, 1.54) is 15.6 Å². The summed E-state index contributed by atoms with van der Waals surface area (Å²) in [5.41, 5.74) is 4.67. The molecule has 10 nitrogen and oxygen atoms in total. The number of pyridine rings is 2. The van der Waals surface area contributed by atoms with Crippen LogP contribution in [0.4, 0.5) is 10.2 Å². The maximum atomic E-state index is 14.7. The zero-order valence-corrected chi connectivity index (χ0v) is 14.3. The topological polar surface area (TPSA) is 132 Å². The maximum Gasteiger partial charge on any atom is 0.341 e. The van der Waals surface area contributed by atoms with Crippen molar-refractivity contribution < 1.29 is 14.3 Å². The molecule has 1 aliphatic heterocycles. The number of rotatable bonds is 3. The second kappa shape index (κ2) is 6.13. The van der Waals surface area contributed by atoms with Gasteiger partial charge >= 0.3 is 5.97 Å². The SMILES string of the molecule is Cn1ncnc1-n1cc(C(=O)O)c(=O)c2cc(F)c(N3CCC(N)C3)nc21. The van der Waals surface area contributed by atoms with E-state index in [0.717, 1.165) is 12.3 Å². The lowest BCUT2D eigenvalue weighted by Crippen LogP contribution is -2.28. The lowest BCUT2D eigenvalue weighted by Gasteiger charge is -2.19. The number of fused-ring (bicyclic) bond motifs is 1. The molecule has 0 radical (unpaired) electrons. The van der Waals surface area contributed by atoms with Crippen molar-refractivity contribution in [2.75, 3.05) is 18.0 Å². The third-order valence-electron chi connectivity index (χ3n) is 4.57. The minimum Gasteiger partial charge on any atom is -0.477 e. The van der Waals surface area contributed by atoms with Gasteiger partial charge in [0.1, 0.15) is 11.9 Å². The highest BCUT2D eigenvalue weighted by Gasteiger charge is 2.26. The third kappa shape index (κ3) is 2.72. The molecule has 0 spiro atoms. The molecule has 1 fully saturated rings. The van der Waals surface area contributed by atoms with E-state index in [-0.39, 0.29) is 28.8 Å². The molecule has 0 aliphatic carbocycles. The van der Waals surface area contributed by atoms with Crippen LogP contribution in [0, 0.1) is 5.82 Å². The maximum absolute atomic E-state index is 14.7. The molecule has 1 saturated heterocycles. The molecule has 4 rings (SSSR count). The van der Waals surface area contributed by atoms with Crippen molar-refractivity contribution in [2.24, 2.45) is 12.8 Å². The number of nitrogens with two attached hydrogens (primary N) is 1. The Hall–Kier alpha value is -3.34. The van der Waals surface area contributed by atoms with Gasteiger partial charge in [-0.25, -0.2) is 18.9 Å². The Bertz CT molecular complexity index is 1120. The van der Waals surface area contributed by atoms with E-state index in [1.54, 1.807) is 11.9 Å². The molecule has 4 heterocycles. The number of aryl methyl sites for hydroxylation is 1. The monoisotopic (exact) mass is 373 g/mol. The Morgan fingerprint density at radius 1 is 1.44 bits per heavy atom. The van der Waals surface area contributed by atoms with Crippen LogP contribution in [-0.4, -0.2) is 54.5 Å². The second-order valence-electron chi connectivity index (χ2n) is 6.39. The predicted octanol–water partition coefficient (Wildman–Crippen LogP) is -0.111. The van der Waals surface area contributed by atoms with E-state index in [0.29, 0.717) is 19.5 Å². The normalized spacial score (nSPS) is 17.0. The first-order valence-corrected chi connectivity index (χ1v) is 8.21. The van der Waals surface area contributed by atoms with Crippen LogP contribution in [0.2, 0.25) is 0 Å². The fourth-order valence-electron chi connectivity index (χ4n) is 3.23. The molecule has 140 valence electrons. The number of aromatic nitrogens is 5. The van der Waals surface area contributed by atoms with Crippen molar-refractivity contribution in [3.05, 3.63) is 40.2 Å². The number of hydrogen-bond donors (Lipinski definition) is 2. The van der Waals surface area contributed by atoms with Crippen LogP contribution in [0.15, 0.2) is 23.4 Å². The van der Waals surface area contributed by atoms with E-state index in [9.17, 15) is 19.1 Å². The smallest absolute Gasteiger partial charge is 0.341 e. The standard InChI is InChI=1S/C16H16FN7O3/c1-22-16(19-7-20-22)24-6-10(15(26)27)12(25)9-4-11(17)14(21-13(9)24)23-3-2-8(18)5-23/h4,6-8H,2-3,5,18H2,1H3,(H,26,27). The molecule has 1 unspecified atom stereocenters. The summed E-state index contributed by atoms with van der Waals surface area (Å²) in [5.74, 6) is -1.83. The Morgan fingerprint density at radius 3 is 2.81 bits per heavy atom. The summed E-state index contributed by atoms with van der Waals surface area (Å²) in [5, 5.41) is 13.2. The van der Waals surface area contributed by atoms with Gasteiger partial charge in [-0.1, -0.05) is 0 Å². The summed E-state index contributed by atoms with van der Waals surface area (Å²) in [4.78, 5) is 34.1. The van der Waals surface area contributed by atoms with E-state index in [4.69, 9.17) is 5.73 Å². The zero-order chi connectivity index (χ0) is 19.3. The summed E-state index contributed by atoms with van der Waals surface area (Å²) < 4.78 is 17.4. The molecule has 1 atom stereocenters. The molecule has 3 aromatic heterocycles. The molecule has 0 aromatic carbocycles. The van der Waals surface area contributed by atoms with Gasteiger partial charge in [-0.3, -0.25) is 9.36 Å². The van der Waals surface area contributed by atoms with Crippen molar-refractivity contribution in [2.45, 2.75) is 12.5 Å². The van der Waals surface area contributed by atoms with Crippen molar-refractivity contribution in [1.82, 2.24) is 24.3 Å². The van der Waals surface area contributed by atoms with Gasteiger partial charge in [0, 0.05) is 32.4 Å². The molecule has 0 saturated carbocycles. The van der Waals surface area contributed by atoms with Gasteiger partial charge in [-0.05, 0) is 12.5 Å². The predicted molar refractivity (Wildman–Crippen MR) is 93.6 cm³/mol. The average Bonchev–Trinajstić information content (AvgIpc) is 3.23. The summed E-state index contributed by atoms with van der Waals surface area (Å²) in [6, 6.07) is 0.931. The molecule has 0 amide bonds. The highest BCUT2D eigenvalue weighted by atomic mass is 19.1. The number of carbonyl (C=O) groups is 1. The van der Waals surface area contributed by atoms with Crippen LogP contribution in [0.5, 0.6) is 0 Å². The molecule has 0 bridgehead atoms. The minimum absolute atomic E-state index is 0.0637. The summed E-state index contributed by atoms with van der Waals surface area (Å²) >= 11 is 0. The molecule has 11 heteroatoms. The van der Waals surface area contributed by atoms with Crippen LogP contribution in [0.3, 0.4) is 0 Å². The number of carboxylic acid groups (broad SMARTS) is 1. The first kappa shape index (κ1) is 17.1. The molecule has 27 heavy (non-hydrogen) atoms. The first-order chi connectivity index (χ1) is 12.9. The van der Waals surface area contributed by atoms with Crippen LogP contribution in [-0.2, 0) is 7.05 Å². The summed E-state index contributed by atoms with van der Waals surface area (Å²) in [6.07, 6.45) is 3.11. The van der Waals surface area contributed by atoms with Crippen molar-refractivity contribution in [3.63, 3.8) is 0 Å². The minimum atomic E-state index is -1.42. The summed E-state index contributed by atoms with van der Waals surface area (Å²) in [7, 11) is 1.61. The Morgan fingerprint density at radius 2 is 2.22 bits per heavy atom. The number of aromatic carboxylic acids is 1. The van der Waals surface area contributed by atoms with Crippen molar-refractivity contribution in [3.8, 4) is 5.95 Å². The largest absolute Gasteiger partial charge is 0.477 e. The number of nitrogens with zero attached hydrogens (tertiary/aromatic N) is 6. The fourth-order valence-corrected chi connectivity index (χ4v) is 3.23. The van der Waals surface area contributed by atoms with Gasteiger partial charge in [0.15, 0.2) is 17.3 Å². The summed E-state index contributed by atoms with van der Waals surface area (Å²) in [6.45, 7) is 0.981. The van der Waals surface area contributed by atoms with Gasteiger partial charge in [0.05, 0.1) is 5.39 Å². The van der Waals surface area contributed by atoms with E-state index in [2.05, 4.69) is 15.1 Å². The second-order valence-corrected chi connectivity index (χ2v) is 6.39. The number of hydrogen-bond acceptors (Lipinski definition) is 7. The van der Waals surface area contributed by atoms with Gasteiger partial charge in [0.2, 0.25) is 11.4 Å². The Labute approximate surface area is 151 Å². The van der Waals surface area contributed by atoms with Crippen molar-refractivity contribution in [1.29, 1.82) is 0 Å². The van der Waals surface area contributed by atoms with Gasteiger partial charge < -0.3 is 15.7 Å². The van der Waals surface area contributed by atoms with Crippen LogP contribution >= 0.6 is 0 Å². The molecule has 3 aromatic rings. The van der Waals surface area contributed by atoms with Crippen LogP contribution in [0.1, 0.15) is 16.8 Å². The zero-order valence-electron chi connectivity index (χ0n) is 14.3. The number of carboxylic acids is 1. The van der Waals surface area contributed by atoms with Gasteiger partial charge in [0.25, 0.3) is 0 Å². The molecular weight excluding hydrogens is 357 g/mol. The quantitative estimate of drug-likeness (QED) is 0.650. The van der Waals surface area contributed by atoms with Gasteiger partial charge in [-0.15, -0.1) is 0 Å². The fraction of sp³-hybridized carbons (Fsp3) is 0.312. The lowest BCUT2D eigenvalue weighted by molar-refractivity contribution is 0.0695. The Balaban J connectivity index is 2.04. The number of anilines is 1. The molecule has 3 N–H and O–H groups in total. The van der Waals surface area contributed by atoms with Gasteiger partial charge in [-0.2, -0.15) is 10.1 Å². The highest BCUT2D eigenvalue weighted by Crippen LogP contribution is 2.25. The van der Waals surface area contributed by atoms with E-state index >= 15 is 0 Å². The van der Waals surface area contributed by atoms with Crippen molar-refractivity contribution >= 4 is 22.8 Å². The van der Waals surface area contributed by atoms with E-state index in [1.807, 2.05) is 0 Å². The van der Waals surface area contributed by atoms with E-state index < -0.39 is 22.8 Å². The molecule has 1 aliphatic rings.